The van der Waals surface area contributed by atoms with Crippen molar-refractivity contribution in [3.05, 3.63) is 0 Å². The monoisotopic (exact) mass is 224 g/mol. The van der Waals surface area contributed by atoms with Gasteiger partial charge in [0.1, 0.15) is 6.10 Å². The van der Waals surface area contributed by atoms with Crippen molar-refractivity contribution in [1.29, 1.82) is 0 Å². The maximum absolute atomic E-state index is 5.60. The minimum absolute atomic E-state index is 0.251. The Bertz CT molecular complexity index is 355. The molecule has 0 aliphatic heterocycles. The molecule has 6 heteroatoms. The summed E-state index contributed by atoms with van der Waals surface area (Å²) in [7, 11) is 1.75. The first-order valence-corrected chi connectivity index (χ1v) is 5.55. The molecule has 1 heterocycles. The van der Waals surface area contributed by atoms with Crippen molar-refractivity contribution in [1.82, 2.24) is 15.0 Å². The van der Waals surface area contributed by atoms with Gasteiger partial charge in [0, 0.05) is 7.05 Å². The van der Waals surface area contributed by atoms with Gasteiger partial charge in [0.2, 0.25) is 5.95 Å². The third-order valence-corrected chi connectivity index (χ3v) is 2.42. The fraction of sp³-hybridized carbons (Fsp3) is 0.700. The zero-order valence-electron chi connectivity index (χ0n) is 9.56. The Labute approximate surface area is 94.4 Å². The van der Waals surface area contributed by atoms with E-state index in [4.69, 9.17) is 9.47 Å². The number of nitrogens with one attached hydrogen (secondary N) is 1. The molecule has 0 amide bonds. The average Bonchev–Trinajstić information content (AvgIpc) is 2.24. The normalized spacial score (nSPS) is 15.4. The van der Waals surface area contributed by atoms with Gasteiger partial charge in [-0.15, -0.1) is 4.98 Å². The Hall–Kier alpha value is -1.59. The second-order valence-electron chi connectivity index (χ2n) is 3.58. The van der Waals surface area contributed by atoms with E-state index >= 15 is 0 Å². The zero-order chi connectivity index (χ0) is 11.4. The molecule has 0 radical (unpaired) electrons. The van der Waals surface area contributed by atoms with Crippen LogP contribution in [0.25, 0.3) is 0 Å². The Kier molecular flexibility index (Phi) is 3.38. The van der Waals surface area contributed by atoms with Crippen molar-refractivity contribution in [2.75, 3.05) is 19.0 Å². The molecule has 1 aliphatic carbocycles. The molecule has 0 atom stereocenters. The average molecular weight is 224 g/mol. The van der Waals surface area contributed by atoms with Gasteiger partial charge in [-0.2, -0.15) is 9.97 Å². The molecule has 1 saturated carbocycles. The first-order valence-electron chi connectivity index (χ1n) is 5.55. The predicted octanol–water partition coefficient (Wildman–Crippen LogP) is 1.24. The highest BCUT2D eigenvalue weighted by Crippen LogP contribution is 2.24. The summed E-state index contributed by atoms with van der Waals surface area (Å²) in [4.78, 5) is 12.3. The maximum Gasteiger partial charge on any atom is 0.324 e. The Morgan fingerprint density at radius 3 is 2.56 bits per heavy atom. The molecule has 1 fully saturated rings. The molecule has 0 aromatic carbocycles. The number of anilines is 1. The van der Waals surface area contributed by atoms with Crippen LogP contribution in [0.4, 0.5) is 5.95 Å². The highest BCUT2D eigenvalue weighted by Gasteiger charge is 2.21. The van der Waals surface area contributed by atoms with Crippen LogP contribution in [0.2, 0.25) is 0 Å². The summed E-state index contributed by atoms with van der Waals surface area (Å²) >= 11 is 0. The molecule has 0 saturated heterocycles. The van der Waals surface area contributed by atoms with Crippen molar-refractivity contribution in [2.24, 2.45) is 0 Å². The third-order valence-electron chi connectivity index (χ3n) is 2.42. The number of hydrogen-bond acceptors (Lipinski definition) is 6. The van der Waals surface area contributed by atoms with Crippen LogP contribution in [0, 0.1) is 0 Å². The minimum atomic E-state index is 0.251. The number of hydrogen-bond donors (Lipinski definition) is 1. The lowest BCUT2D eigenvalue weighted by molar-refractivity contribution is 0.107. The van der Waals surface area contributed by atoms with Crippen molar-refractivity contribution >= 4 is 5.95 Å². The van der Waals surface area contributed by atoms with Gasteiger partial charge in [0.25, 0.3) is 0 Å². The van der Waals surface area contributed by atoms with Gasteiger partial charge in [-0.25, -0.2) is 0 Å². The smallest absolute Gasteiger partial charge is 0.324 e. The Morgan fingerprint density at radius 2 is 2.00 bits per heavy atom. The van der Waals surface area contributed by atoms with E-state index in [-0.39, 0.29) is 6.10 Å². The van der Waals surface area contributed by atoms with E-state index < -0.39 is 0 Å². The Morgan fingerprint density at radius 1 is 1.25 bits per heavy atom. The lowest BCUT2D eigenvalue weighted by Crippen LogP contribution is -2.25. The van der Waals surface area contributed by atoms with Crippen molar-refractivity contribution in [3.63, 3.8) is 0 Å². The summed E-state index contributed by atoms with van der Waals surface area (Å²) in [6.45, 7) is 2.41. The van der Waals surface area contributed by atoms with Gasteiger partial charge < -0.3 is 14.8 Å². The summed E-state index contributed by atoms with van der Waals surface area (Å²) < 4.78 is 10.8. The first kappa shape index (κ1) is 10.9. The summed E-state index contributed by atoms with van der Waals surface area (Å²) in [5, 5.41) is 2.85. The van der Waals surface area contributed by atoms with Gasteiger partial charge in [-0.3, -0.25) is 0 Å². The maximum atomic E-state index is 5.60. The van der Waals surface area contributed by atoms with Gasteiger partial charge in [0.05, 0.1) is 6.61 Å². The third kappa shape index (κ3) is 2.50. The molecule has 6 nitrogen and oxygen atoms in total. The molecule has 0 spiro atoms. The van der Waals surface area contributed by atoms with E-state index in [9.17, 15) is 0 Å². The summed E-state index contributed by atoms with van der Waals surface area (Å²) in [6, 6.07) is 0.642. The van der Waals surface area contributed by atoms with Gasteiger partial charge in [-0.1, -0.05) is 0 Å². The Balaban J connectivity index is 2.11. The second kappa shape index (κ2) is 4.96. The molecular formula is C10H16N4O2. The van der Waals surface area contributed by atoms with E-state index in [0.717, 1.165) is 12.8 Å². The SMILES string of the molecule is CCOc1nc(NC)nc(OC2CCC2)n1. The molecule has 0 bridgehead atoms. The minimum Gasteiger partial charge on any atom is -0.464 e. The molecule has 2 rings (SSSR count). The molecule has 1 aliphatic rings. The molecule has 0 unspecified atom stereocenters. The summed E-state index contributed by atoms with van der Waals surface area (Å²) in [6.07, 6.45) is 3.61. The predicted molar refractivity (Wildman–Crippen MR) is 58.8 cm³/mol. The van der Waals surface area contributed by atoms with Crippen LogP contribution in [0.1, 0.15) is 26.2 Å². The van der Waals surface area contributed by atoms with Crippen LogP contribution in [-0.4, -0.2) is 34.7 Å². The number of ether oxygens (including phenoxy) is 2. The summed E-state index contributed by atoms with van der Waals surface area (Å²) in [5.74, 6) is 0.466. The van der Waals surface area contributed by atoms with Crippen molar-refractivity contribution in [2.45, 2.75) is 32.3 Å². The summed E-state index contributed by atoms with van der Waals surface area (Å²) in [5.41, 5.74) is 0. The number of nitrogens with zero attached hydrogens (tertiary/aromatic N) is 3. The van der Waals surface area contributed by atoms with Crippen LogP contribution in [0.3, 0.4) is 0 Å². The topological polar surface area (TPSA) is 69.2 Å². The van der Waals surface area contributed by atoms with Gasteiger partial charge in [0.15, 0.2) is 0 Å². The van der Waals surface area contributed by atoms with E-state index in [1.165, 1.54) is 6.42 Å². The lowest BCUT2D eigenvalue weighted by atomic mass is 9.96. The van der Waals surface area contributed by atoms with Crippen LogP contribution >= 0.6 is 0 Å². The largest absolute Gasteiger partial charge is 0.464 e. The number of rotatable bonds is 5. The molecule has 1 aromatic rings. The van der Waals surface area contributed by atoms with E-state index in [0.29, 0.717) is 24.6 Å². The van der Waals surface area contributed by atoms with Crippen LogP contribution in [0.15, 0.2) is 0 Å². The second-order valence-corrected chi connectivity index (χ2v) is 3.58. The quantitative estimate of drug-likeness (QED) is 0.811. The zero-order valence-corrected chi connectivity index (χ0v) is 9.56. The van der Waals surface area contributed by atoms with Crippen LogP contribution in [0.5, 0.6) is 12.0 Å². The van der Waals surface area contributed by atoms with Crippen molar-refractivity contribution in [3.8, 4) is 12.0 Å². The van der Waals surface area contributed by atoms with E-state index in [1.54, 1.807) is 7.05 Å². The van der Waals surface area contributed by atoms with Gasteiger partial charge in [-0.05, 0) is 26.2 Å². The standard InChI is InChI=1S/C10H16N4O2/c1-3-15-9-12-8(11-2)13-10(14-9)16-7-5-4-6-7/h7H,3-6H2,1-2H3,(H,11,12,13,14). The highest BCUT2D eigenvalue weighted by atomic mass is 16.5. The fourth-order valence-corrected chi connectivity index (χ4v) is 1.33. The molecular weight excluding hydrogens is 208 g/mol. The molecule has 1 aromatic heterocycles. The van der Waals surface area contributed by atoms with E-state index in [2.05, 4.69) is 20.3 Å². The highest BCUT2D eigenvalue weighted by molar-refractivity contribution is 5.26. The molecule has 16 heavy (non-hydrogen) atoms. The fourth-order valence-electron chi connectivity index (χ4n) is 1.33. The lowest BCUT2D eigenvalue weighted by Gasteiger charge is -2.25. The van der Waals surface area contributed by atoms with Crippen LogP contribution in [-0.2, 0) is 0 Å². The van der Waals surface area contributed by atoms with Crippen LogP contribution < -0.4 is 14.8 Å². The van der Waals surface area contributed by atoms with E-state index in [1.807, 2.05) is 6.92 Å². The number of aromatic nitrogens is 3. The first-order chi connectivity index (χ1) is 7.81. The molecule has 88 valence electrons. The molecule has 1 N–H and O–H groups in total. The van der Waals surface area contributed by atoms with Gasteiger partial charge >= 0.3 is 12.0 Å². The van der Waals surface area contributed by atoms with Crippen molar-refractivity contribution < 1.29 is 9.47 Å².